The van der Waals surface area contributed by atoms with Gasteiger partial charge in [0.05, 0.1) is 31.2 Å². The molecule has 0 radical (unpaired) electrons. The Labute approximate surface area is 161 Å². The Morgan fingerprint density at radius 3 is 2.52 bits per heavy atom. The lowest BCUT2D eigenvalue weighted by Gasteiger charge is -2.11. The average molecular weight is 384 g/mol. The summed E-state index contributed by atoms with van der Waals surface area (Å²) in [7, 11) is 3.10. The molecule has 1 heterocycles. The van der Waals surface area contributed by atoms with Crippen molar-refractivity contribution < 1.29 is 14.3 Å². The topological polar surface area (TPSA) is 79.1 Å². The Morgan fingerprint density at radius 1 is 1.11 bits per heavy atom. The number of aromatic nitrogens is 4. The molecule has 8 heteroatoms. The molecule has 7 nitrogen and oxygen atoms in total. The van der Waals surface area contributed by atoms with Crippen molar-refractivity contribution in [2.75, 3.05) is 20.0 Å². The zero-order valence-electron chi connectivity index (χ0n) is 15.6. The maximum absolute atomic E-state index is 12.7. The van der Waals surface area contributed by atoms with Crippen LogP contribution in [0.4, 0.5) is 0 Å². The van der Waals surface area contributed by atoms with E-state index in [1.165, 1.54) is 18.9 Å². The van der Waals surface area contributed by atoms with Crippen molar-refractivity contribution in [3.63, 3.8) is 0 Å². The summed E-state index contributed by atoms with van der Waals surface area (Å²) in [6, 6.07) is 11.1. The van der Waals surface area contributed by atoms with Crippen LogP contribution in [0.5, 0.6) is 11.5 Å². The quantitative estimate of drug-likeness (QED) is 0.457. The van der Waals surface area contributed by atoms with Gasteiger partial charge in [0.2, 0.25) is 5.16 Å². The largest absolute Gasteiger partial charge is 0.497 e. The molecule has 140 valence electrons. The van der Waals surface area contributed by atoms with Crippen LogP contribution in [0, 0.1) is 13.8 Å². The fraction of sp³-hybridized carbons (Fsp3) is 0.263. The summed E-state index contributed by atoms with van der Waals surface area (Å²) in [5.41, 5.74) is 3.55. The van der Waals surface area contributed by atoms with Gasteiger partial charge in [-0.15, -0.1) is 5.10 Å². The number of methoxy groups -OCH3 is 2. The van der Waals surface area contributed by atoms with Crippen molar-refractivity contribution in [2.45, 2.75) is 19.0 Å². The molecule has 0 N–H and O–H groups in total. The number of tetrazole rings is 1. The highest BCUT2D eigenvalue weighted by molar-refractivity contribution is 7.99. The Morgan fingerprint density at radius 2 is 1.85 bits per heavy atom. The molecule has 3 rings (SSSR count). The molecule has 2 aromatic carbocycles. The summed E-state index contributed by atoms with van der Waals surface area (Å²) >= 11 is 1.29. The van der Waals surface area contributed by atoms with Gasteiger partial charge < -0.3 is 9.47 Å². The van der Waals surface area contributed by atoms with Crippen LogP contribution >= 0.6 is 11.8 Å². The first-order valence-corrected chi connectivity index (χ1v) is 9.26. The fourth-order valence-electron chi connectivity index (χ4n) is 2.79. The molecule has 27 heavy (non-hydrogen) atoms. The number of carbonyl (C=O) groups excluding carboxylic acids is 1. The lowest BCUT2D eigenvalue weighted by Crippen LogP contribution is -2.08. The van der Waals surface area contributed by atoms with Crippen LogP contribution < -0.4 is 9.47 Å². The van der Waals surface area contributed by atoms with E-state index in [0.717, 1.165) is 16.8 Å². The predicted molar refractivity (Wildman–Crippen MR) is 103 cm³/mol. The smallest absolute Gasteiger partial charge is 0.214 e. The van der Waals surface area contributed by atoms with Crippen LogP contribution in [-0.2, 0) is 0 Å². The third-order valence-electron chi connectivity index (χ3n) is 4.13. The monoisotopic (exact) mass is 384 g/mol. The van der Waals surface area contributed by atoms with Gasteiger partial charge in [0.1, 0.15) is 11.5 Å². The minimum Gasteiger partial charge on any atom is -0.497 e. The van der Waals surface area contributed by atoms with Crippen molar-refractivity contribution in [3.05, 3.63) is 53.1 Å². The number of Topliss-reactive ketones (excluding diaryl/α,β-unsaturated/α-hetero) is 1. The standard InChI is InChI=1S/C19H20N4O3S/c1-12-6-5-7-13(2)18(12)23-19(20-21-22-23)27-11-16(24)15-9-8-14(25-3)10-17(15)26-4/h5-10H,11H2,1-4H3. The predicted octanol–water partition coefficient (Wildman–Crippen LogP) is 3.27. The molecule has 0 aliphatic heterocycles. The van der Waals surface area contributed by atoms with E-state index in [2.05, 4.69) is 15.5 Å². The van der Waals surface area contributed by atoms with E-state index in [1.54, 1.807) is 30.0 Å². The van der Waals surface area contributed by atoms with Gasteiger partial charge in [-0.05, 0) is 47.5 Å². The van der Waals surface area contributed by atoms with E-state index in [0.29, 0.717) is 22.2 Å². The normalized spacial score (nSPS) is 10.7. The van der Waals surface area contributed by atoms with Gasteiger partial charge in [0.15, 0.2) is 5.78 Å². The highest BCUT2D eigenvalue weighted by Crippen LogP contribution is 2.28. The molecule has 0 amide bonds. The molecule has 0 aliphatic carbocycles. The van der Waals surface area contributed by atoms with E-state index in [9.17, 15) is 4.79 Å². The Kier molecular flexibility index (Phi) is 5.75. The van der Waals surface area contributed by atoms with E-state index in [4.69, 9.17) is 9.47 Å². The number of rotatable bonds is 7. The Bertz CT molecular complexity index is 951. The van der Waals surface area contributed by atoms with Gasteiger partial charge >= 0.3 is 0 Å². The molecule has 0 saturated carbocycles. The van der Waals surface area contributed by atoms with E-state index >= 15 is 0 Å². The molecule has 3 aromatic rings. The molecule has 0 fully saturated rings. The number of benzene rings is 2. The van der Waals surface area contributed by atoms with Crippen molar-refractivity contribution in [3.8, 4) is 17.2 Å². The van der Waals surface area contributed by atoms with Crippen LogP contribution in [-0.4, -0.2) is 46.0 Å². The van der Waals surface area contributed by atoms with Gasteiger partial charge in [-0.3, -0.25) is 4.79 Å². The van der Waals surface area contributed by atoms with Crippen molar-refractivity contribution >= 4 is 17.5 Å². The molecule has 0 saturated heterocycles. The maximum Gasteiger partial charge on any atom is 0.214 e. The van der Waals surface area contributed by atoms with Crippen LogP contribution in [0.1, 0.15) is 21.5 Å². The second-order valence-corrected chi connectivity index (χ2v) is 6.83. The SMILES string of the molecule is COc1ccc(C(=O)CSc2nnnn2-c2c(C)cccc2C)c(OC)c1. The van der Waals surface area contributed by atoms with Gasteiger partial charge in [0.25, 0.3) is 0 Å². The second kappa shape index (κ2) is 8.22. The molecular formula is C19H20N4O3S. The third kappa shape index (κ3) is 3.95. The number of nitrogens with zero attached hydrogens (tertiary/aromatic N) is 4. The molecule has 1 aromatic heterocycles. The van der Waals surface area contributed by atoms with Gasteiger partial charge in [-0.1, -0.05) is 30.0 Å². The number of ether oxygens (including phenoxy) is 2. The summed E-state index contributed by atoms with van der Waals surface area (Å²) in [6.45, 7) is 4.01. The zero-order valence-corrected chi connectivity index (χ0v) is 16.4. The highest BCUT2D eigenvalue weighted by atomic mass is 32.2. The lowest BCUT2D eigenvalue weighted by atomic mass is 10.1. The van der Waals surface area contributed by atoms with Crippen molar-refractivity contribution in [1.29, 1.82) is 0 Å². The zero-order chi connectivity index (χ0) is 19.4. The molecule has 0 spiro atoms. The average Bonchev–Trinajstić information content (AvgIpc) is 3.13. The maximum atomic E-state index is 12.7. The van der Waals surface area contributed by atoms with E-state index < -0.39 is 0 Å². The Hall–Kier alpha value is -2.87. The number of aryl methyl sites for hydroxylation is 2. The first-order valence-electron chi connectivity index (χ1n) is 8.28. The summed E-state index contributed by atoms with van der Waals surface area (Å²) in [6.07, 6.45) is 0. The van der Waals surface area contributed by atoms with Gasteiger partial charge in [-0.2, -0.15) is 4.68 Å². The minimum absolute atomic E-state index is 0.0736. The van der Waals surface area contributed by atoms with Crippen molar-refractivity contribution in [2.24, 2.45) is 0 Å². The van der Waals surface area contributed by atoms with Crippen molar-refractivity contribution in [1.82, 2.24) is 20.2 Å². The number of para-hydroxylation sites is 1. The molecule has 0 unspecified atom stereocenters. The number of ketones is 1. The summed E-state index contributed by atoms with van der Waals surface area (Å²) in [4.78, 5) is 12.7. The molecular weight excluding hydrogens is 364 g/mol. The first-order chi connectivity index (χ1) is 13.0. The minimum atomic E-state index is -0.0736. The lowest BCUT2D eigenvalue weighted by molar-refractivity contribution is 0.101. The number of thioether (sulfide) groups is 1. The number of hydrogen-bond donors (Lipinski definition) is 0. The molecule has 0 bridgehead atoms. The first kappa shape index (κ1) is 18.9. The fourth-order valence-corrected chi connectivity index (χ4v) is 3.55. The van der Waals surface area contributed by atoms with Crippen LogP contribution in [0.25, 0.3) is 5.69 Å². The molecule has 0 aliphatic rings. The van der Waals surface area contributed by atoms with E-state index in [-0.39, 0.29) is 11.5 Å². The van der Waals surface area contributed by atoms with E-state index in [1.807, 2.05) is 32.0 Å². The van der Waals surface area contributed by atoms with Gasteiger partial charge in [0, 0.05) is 6.07 Å². The number of hydrogen-bond acceptors (Lipinski definition) is 7. The number of carbonyl (C=O) groups is 1. The Balaban J connectivity index is 1.81. The molecule has 0 atom stereocenters. The summed E-state index contributed by atoms with van der Waals surface area (Å²) < 4.78 is 12.2. The summed E-state index contributed by atoms with van der Waals surface area (Å²) in [5.74, 6) is 1.23. The van der Waals surface area contributed by atoms with Crippen LogP contribution in [0.3, 0.4) is 0 Å². The van der Waals surface area contributed by atoms with Crippen LogP contribution in [0.2, 0.25) is 0 Å². The highest BCUT2D eigenvalue weighted by Gasteiger charge is 2.18. The van der Waals surface area contributed by atoms with Crippen LogP contribution in [0.15, 0.2) is 41.6 Å². The summed E-state index contributed by atoms with van der Waals surface area (Å²) in [5, 5.41) is 12.5. The second-order valence-electron chi connectivity index (χ2n) is 5.89. The third-order valence-corrected chi connectivity index (χ3v) is 5.05. The van der Waals surface area contributed by atoms with Gasteiger partial charge in [-0.25, -0.2) is 0 Å².